The third kappa shape index (κ3) is 6.24. The SMILES string of the molecule is CCCCOCCOc1ccc(-c2ccc3c(c2)C=C(C(=O)O)CCN3Cc2nccs2)cc1. The first-order chi connectivity index (χ1) is 16.6. The van der Waals surface area contributed by atoms with Crippen LogP contribution in [0.4, 0.5) is 5.69 Å². The molecule has 1 aliphatic rings. The van der Waals surface area contributed by atoms with Crippen molar-refractivity contribution in [1.82, 2.24) is 4.98 Å². The van der Waals surface area contributed by atoms with Gasteiger partial charge in [0, 0.05) is 36.0 Å². The van der Waals surface area contributed by atoms with Gasteiger partial charge in [-0.15, -0.1) is 11.3 Å². The number of carboxylic acid groups (broad SMARTS) is 1. The third-order valence-electron chi connectivity index (χ3n) is 5.76. The maximum atomic E-state index is 11.8. The van der Waals surface area contributed by atoms with Crippen molar-refractivity contribution in [3.8, 4) is 16.9 Å². The van der Waals surface area contributed by atoms with Crippen molar-refractivity contribution >= 4 is 29.1 Å². The topological polar surface area (TPSA) is 71.9 Å². The molecule has 7 heteroatoms. The summed E-state index contributed by atoms with van der Waals surface area (Å²) in [6.07, 6.45) is 6.29. The number of carbonyl (C=O) groups is 1. The van der Waals surface area contributed by atoms with Crippen molar-refractivity contribution < 1.29 is 19.4 Å². The fraction of sp³-hybridized carbons (Fsp3) is 0.333. The number of unbranched alkanes of at least 4 members (excludes halogenated alkanes) is 1. The minimum absolute atomic E-state index is 0.421. The summed E-state index contributed by atoms with van der Waals surface area (Å²) < 4.78 is 11.3. The van der Waals surface area contributed by atoms with Crippen LogP contribution in [0.3, 0.4) is 0 Å². The summed E-state index contributed by atoms with van der Waals surface area (Å²) in [5.41, 5.74) is 4.44. The number of fused-ring (bicyclic) bond motifs is 1. The van der Waals surface area contributed by atoms with Gasteiger partial charge < -0.3 is 19.5 Å². The fourth-order valence-corrected chi connectivity index (χ4v) is 4.54. The Morgan fingerprint density at radius 3 is 2.68 bits per heavy atom. The lowest BCUT2D eigenvalue weighted by atomic mass is 10.00. The average Bonchev–Trinajstić information content (AvgIpc) is 3.29. The van der Waals surface area contributed by atoms with Gasteiger partial charge >= 0.3 is 5.97 Å². The van der Waals surface area contributed by atoms with E-state index in [4.69, 9.17) is 9.47 Å². The quantitative estimate of drug-likeness (QED) is 0.347. The van der Waals surface area contributed by atoms with E-state index in [1.807, 2.05) is 29.6 Å². The van der Waals surface area contributed by atoms with E-state index in [2.05, 4.69) is 35.0 Å². The number of nitrogens with zero attached hydrogens (tertiary/aromatic N) is 2. The van der Waals surface area contributed by atoms with Crippen molar-refractivity contribution in [2.24, 2.45) is 0 Å². The minimum atomic E-state index is -0.868. The zero-order valence-electron chi connectivity index (χ0n) is 19.4. The van der Waals surface area contributed by atoms with Gasteiger partial charge in [-0.25, -0.2) is 9.78 Å². The first-order valence-corrected chi connectivity index (χ1v) is 12.5. The molecule has 0 fully saturated rings. The molecule has 34 heavy (non-hydrogen) atoms. The van der Waals surface area contributed by atoms with Gasteiger partial charge in [0.15, 0.2) is 0 Å². The van der Waals surface area contributed by atoms with Crippen molar-refractivity contribution in [3.63, 3.8) is 0 Å². The first-order valence-electron chi connectivity index (χ1n) is 11.7. The van der Waals surface area contributed by atoms with E-state index in [-0.39, 0.29) is 0 Å². The van der Waals surface area contributed by atoms with Gasteiger partial charge in [-0.3, -0.25) is 0 Å². The number of carboxylic acids is 1. The van der Waals surface area contributed by atoms with Crippen LogP contribution >= 0.6 is 11.3 Å². The molecule has 3 aromatic rings. The molecule has 0 amide bonds. The Kier molecular flexibility index (Phi) is 8.33. The highest BCUT2D eigenvalue weighted by molar-refractivity contribution is 7.09. The standard InChI is InChI=1S/C27H30N2O4S/c1-2-3-13-32-14-15-33-24-7-4-20(5-8-24)21-6-9-25-23(17-21)18-22(27(30)31)10-12-29(25)19-26-28-11-16-34-26/h4-9,11,16-18H,2-3,10,12-15,19H2,1H3,(H,30,31). The van der Waals surface area contributed by atoms with E-state index < -0.39 is 5.97 Å². The summed E-state index contributed by atoms with van der Waals surface area (Å²) in [5.74, 6) is -0.0621. The Morgan fingerprint density at radius 1 is 1.12 bits per heavy atom. The molecule has 2 aromatic carbocycles. The highest BCUT2D eigenvalue weighted by Crippen LogP contribution is 2.34. The Balaban J connectivity index is 1.50. The summed E-state index contributed by atoms with van der Waals surface area (Å²) in [4.78, 5) is 18.4. The number of aromatic nitrogens is 1. The van der Waals surface area contributed by atoms with E-state index >= 15 is 0 Å². The molecule has 0 spiro atoms. The first kappa shape index (κ1) is 24.0. The van der Waals surface area contributed by atoms with Crippen molar-refractivity contribution in [2.45, 2.75) is 32.7 Å². The van der Waals surface area contributed by atoms with Crippen LogP contribution in [-0.4, -0.2) is 42.4 Å². The Bertz CT molecular complexity index is 1110. The Labute approximate surface area is 204 Å². The Hall–Kier alpha value is -3.16. The highest BCUT2D eigenvalue weighted by Gasteiger charge is 2.20. The molecule has 0 unspecified atom stereocenters. The van der Waals surface area contributed by atoms with Crippen LogP contribution in [0.5, 0.6) is 5.75 Å². The van der Waals surface area contributed by atoms with Gasteiger partial charge in [0.1, 0.15) is 17.4 Å². The van der Waals surface area contributed by atoms with E-state index in [1.54, 1.807) is 23.6 Å². The molecule has 1 aromatic heterocycles. The molecule has 0 bridgehead atoms. The summed E-state index contributed by atoms with van der Waals surface area (Å²) in [5, 5.41) is 12.6. The molecule has 0 atom stereocenters. The lowest BCUT2D eigenvalue weighted by Gasteiger charge is -2.24. The average molecular weight is 479 g/mol. The number of hydrogen-bond acceptors (Lipinski definition) is 6. The molecule has 178 valence electrons. The summed E-state index contributed by atoms with van der Waals surface area (Å²) in [6, 6.07) is 14.2. The van der Waals surface area contributed by atoms with Gasteiger partial charge in [0.25, 0.3) is 0 Å². The zero-order valence-corrected chi connectivity index (χ0v) is 20.2. The van der Waals surface area contributed by atoms with Gasteiger partial charge in [0.2, 0.25) is 0 Å². The highest BCUT2D eigenvalue weighted by atomic mass is 32.1. The smallest absolute Gasteiger partial charge is 0.331 e. The third-order valence-corrected chi connectivity index (χ3v) is 6.52. The van der Waals surface area contributed by atoms with Crippen molar-refractivity contribution in [1.29, 1.82) is 0 Å². The second-order valence-corrected chi connectivity index (χ2v) is 9.16. The summed E-state index contributed by atoms with van der Waals surface area (Å²) >= 11 is 1.61. The number of anilines is 1. The van der Waals surface area contributed by atoms with Gasteiger partial charge in [-0.05, 0) is 59.9 Å². The monoisotopic (exact) mass is 478 g/mol. The molecule has 4 rings (SSSR count). The molecule has 0 aliphatic carbocycles. The van der Waals surface area contributed by atoms with Crippen LogP contribution in [0, 0.1) is 0 Å². The molecular weight excluding hydrogens is 448 g/mol. The molecule has 0 radical (unpaired) electrons. The van der Waals surface area contributed by atoms with Gasteiger partial charge in [0.05, 0.1) is 13.2 Å². The molecule has 1 N–H and O–H groups in total. The number of aliphatic carboxylic acids is 1. The molecular formula is C27H30N2O4S. The second kappa shape index (κ2) is 11.8. The summed E-state index contributed by atoms with van der Waals surface area (Å²) in [6.45, 7) is 5.33. The van der Waals surface area contributed by atoms with Crippen LogP contribution in [-0.2, 0) is 16.1 Å². The normalized spacial score (nSPS) is 13.2. The zero-order chi connectivity index (χ0) is 23.8. The molecule has 0 saturated carbocycles. The van der Waals surface area contributed by atoms with Crippen LogP contribution in [0.2, 0.25) is 0 Å². The maximum absolute atomic E-state index is 11.8. The van der Waals surface area contributed by atoms with Crippen LogP contribution in [0.25, 0.3) is 17.2 Å². The number of benzene rings is 2. The summed E-state index contributed by atoms with van der Waals surface area (Å²) in [7, 11) is 0. The van der Waals surface area contributed by atoms with Crippen LogP contribution < -0.4 is 9.64 Å². The van der Waals surface area contributed by atoms with E-state index in [9.17, 15) is 9.90 Å². The molecule has 0 saturated heterocycles. The Morgan fingerprint density at radius 2 is 1.94 bits per heavy atom. The predicted octanol–water partition coefficient (Wildman–Crippen LogP) is 5.88. The second-order valence-electron chi connectivity index (χ2n) is 8.18. The van der Waals surface area contributed by atoms with Gasteiger partial charge in [-0.2, -0.15) is 0 Å². The largest absolute Gasteiger partial charge is 0.491 e. The molecule has 6 nitrogen and oxygen atoms in total. The fourth-order valence-electron chi connectivity index (χ4n) is 3.91. The maximum Gasteiger partial charge on any atom is 0.331 e. The van der Waals surface area contributed by atoms with Crippen molar-refractivity contribution in [3.05, 3.63) is 70.2 Å². The number of thiazole rings is 1. The lowest BCUT2D eigenvalue weighted by Crippen LogP contribution is -2.24. The number of hydrogen-bond donors (Lipinski definition) is 1. The molecule has 2 heterocycles. The lowest BCUT2D eigenvalue weighted by molar-refractivity contribution is -0.132. The predicted molar refractivity (Wildman–Crippen MR) is 136 cm³/mol. The van der Waals surface area contributed by atoms with Gasteiger partial charge in [-0.1, -0.05) is 31.5 Å². The minimum Gasteiger partial charge on any atom is -0.491 e. The van der Waals surface area contributed by atoms with Crippen molar-refractivity contribution in [2.75, 3.05) is 31.3 Å². The number of ether oxygens (including phenoxy) is 2. The van der Waals surface area contributed by atoms with Crippen LogP contribution in [0.15, 0.2) is 59.6 Å². The van der Waals surface area contributed by atoms with E-state index in [0.717, 1.165) is 52.6 Å². The van der Waals surface area contributed by atoms with Crippen LogP contribution in [0.1, 0.15) is 36.8 Å². The van der Waals surface area contributed by atoms with E-state index in [1.165, 1.54) is 0 Å². The van der Waals surface area contributed by atoms with E-state index in [0.29, 0.717) is 38.3 Å². The number of rotatable bonds is 11. The molecule has 1 aliphatic heterocycles.